The molecular weight excluding hydrogens is 270 g/mol. The largest absolute Gasteiger partial charge is 0.379 e. The average Bonchev–Trinajstić information content (AvgIpc) is 2.71. The smallest absolute Gasteiger partial charge is 0.0785 e. The number of rotatable bonds is 8. The number of aryl methyl sites for hydroxylation is 1. The molecule has 0 saturated heterocycles. The molecule has 0 radical (unpaired) electrons. The highest BCUT2D eigenvalue weighted by Gasteiger charge is 2.12. The Labute approximate surface area is 127 Å². The molecule has 1 unspecified atom stereocenters. The van der Waals surface area contributed by atoms with Gasteiger partial charge in [0.2, 0.25) is 0 Å². The van der Waals surface area contributed by atoms with Crippen molar-refractivity contribution in [2.75, 3.05) is 13.2 Å². The van der Waals surface area contributed by atoms with E-state index in [-0.39, 0.29) is 11.6 Å². The molecule has 0 aliphatic carbocycles. The van der Waals surface area contributed by atoms with Crippen LogP contribution in [-0.4, -0.2) is 24.9 Å². The summed E-state index contributed by atoms with van der Waals surface area (Å²) in [6.07, 6.45) is 0.144. The zero-order valence-electron chi connectivity index (χ0n) is 13.7. The van der Waals surface area contributed by atoms with E-state index in [1.54, 1.807) is 0 Å². The fourth-order valence-electron chi connectivity index (χ4n) is 1.73. The maximum absolute atomic E-state index is 5.83. The second-order valence-corrected chi connectivity index (χ2v) is 7.52. The summed E-state index contributed by atoms with van der Waals surface area (Å²) in [6, 6.07) is 2.26. The van der Waals surface area contributed by atoms with Crippen LogP contribution in [0.4, 0.5) is 0 Å². The molecule has 0 aliphatic heterocycles. The summed E-state index contributed by atoms with van der Waals surface area (Å²) in [5.74, 6) is 0. The van der Waals surface area contributed by atoms with Gasteiger partial charge in [-0.3, -0.25) is 0 Å². The molecular formula is C16H29NO2S. The third-order valence-electron chi connectivity index (χ3n) is 2.94. The molecule has 1 aromatic rings. The normalized spacial score (nSPS) is 13.7. The second kappa shape index (κ2) is 8.13. The number of hydrogen-bond acceptors (Lipinski definition) is 4. The third kappa shape index (κ3) is 6.84. The minimum absolute atomic E-state index is 0.144. The van der Waals surface area contributed by atoms with Crippen LogP contribution in [0.5, 0.6) is 0 Å². The van der Waals surface area contributed by atoms with Crippen LogP contribution in [0.1, 0.15) is 49.9 Å². The highest BCUT2D eigenvalue weighted by atomic mass is 32.1. The fraction of sp³-hybridized carbons (Fsp3) is 0.750. The van der Waals surface area contributed by atoms with Crippen molar-refractivity contribution in [3.8, 4) is 0 Å². The van der Waals surface area contributed by atoms with Crippen molar-refractivity contribution < 1.29 is 9.47 Å². The minimum atomic E-state index is 0.144. The van der Waals surface area contributed by atoms with Crippen molar-refractivity contribution in [3.63, 3.8) is 0 Å². The van der Waals surface area contributed by atoms with E-state index in [2.05, 4.69) is 46.0 Å². The standard InChI is InChI=1S/C16H29NO2S/c1-7-18-10-12(2)19-11-14-8-15(20-13(14)3)9-17-16(4,5)6/h8,12,17H,7,9-11H2,1-6H3. The van der Waals surface area contributed by atoms with Gasteiger partial charge < -0.3 is 14.8 Å². The predicted molar refractivity (Wildman–Crippen MR) is 86.4 cm³/mol. The molecule has 3 nitrogen and oxygen atoms in total. The van der Waals surface area contributed by atoms with E-state index in [1.807, 2.05) is 18.3 Å². The lowest BCUT2D eigenvalue weighted by Gasteiger charge is -2.19. The Morgan fingerprint density at radius 1 is 1.35 bits per heavy atom. The zero-order chi connectivity index (χ0) is 15.2. The van der Waals surface area contributed by atoms with Crippen molar-refractivity contribution in [3.05, 3.63) is 21.4 Å². The first-order chi connectivity index (χ1) is 9.31. The van der Waals surface area contributed by atoms with E-state index in [9.17, 15) is 0 Å². The van der Waals surface area contributed by atoms with Gasteiger partial charge in [0.15, 0.2) is 0 Å². The van der Waals surface area contributed by atoms with E-state index < -0.39 is 0 Å². The van der Waals surface area contributed by atoms with E-state index in [1.165, 1.54) is 15.3 Å². The lowest BCUT2D eigenvalue weighted by molar-refractivity contribution is -0.0117. The Morgan fingerprint density at radius 2 is 2.05 bits per heavy atom. The van der Waals surface area contributed by atoms with Gasteiger partial charge in [-0.05, 0) is 53.2 Å². The molecule has 1 N–H and O–H groups in total. The average molecular weight is 299 g/mol. The third-order valence-corrected chi connectivity index (χ3v) is 4.04. The second-order valence-electron chi connectivity index (χ2n) is 6.18. The lowest BCUT2D eigenvalue weighted by atomic mass is 10.1. The van der Waals surface area contributed by atoms with E-state index in [0.29, 0.717) is 13.2 Å². The molecule has 1 atom stereocenters. The van der Waals surface area contributed by atoms with Crippen LogP contribution in [-0.2, 0) is 22.6 Å². The number of nitrogens with one attached hydrogen (secondary N) is 1. The van der Waals surface area contributed by atoms with Crippen LogP contribution in [0.2, 0.25) is 0 Å². The Bertz CT molecular complexity index is 396. The van der Waals surface area contributed by atoms with Gasteiger partial charge in [0.1, 0.15) is 0 Å². The van der Waals surface area contributed by atoms with Crippen LogP contribution >= 0.6 is 11.3 Å². The van der Waals surface area contributed by atoms with Crippen LogP contribution in [0.3, 0.4) is 0 Å². The predicted octanol–water partition coefficient (Wildman–Crippen LogP) is 3.89. The molecule has 0 amide bonds. The van der Waals surface area contributed by atoms with Gasteiger partial charge in [0.05, 0.1) is 19.3 Å². The summed E-state index contributed by atoms with van der Waals surface area (Å²) in [4.78, 5) is 2.72. The van der Waals surface area contributed by atoms with Gasteiger partial charge in [-0.1, -0.05) is 0 Å². The Morgan fingerprint density at radius 3 is 2.65 bits per heavy atom. The lowest BCUT2D eigenvalue weighted by Crippen LogP contribution is -2.34. The van der Waals surface area contributed by atoms with Gasteiger partial charge in [0.25, 0.3) is 0 Å². The maximum atomic E-state index is 5.83. The SMILES string of the molecule is CCOCC(C)OCc1cc(CNC(C)(C)C)sc1C. The Kier molecular flexibility index (Phi) is 7.17. The molecule has 1 heterocycles. The molecule has 20 heavy (non-hydrogen) atoms. The molecule has 0 aliphatic rings. The van der Waals surface area contributed by atoms with Crippen LogP contribution in [0.25, 0.3) is 0 Å². The summed E-state index contributed by atoms with van der Waals surface area (Å²) >= 11 is 1.85. The topological polar surface area (TPSA) is 30.5 Å². The summed E-state index contributed by atoms with van der Waals surface area (Å²) in [5, 5.41) is 3.52. The van der Waals surface area contributed by atoms with Crippen molar-refractivity contribution >= 4 is 11.3 Å². The van der Waals surface area contributed by atoms with Crippen molar-refractivity contribution in [2.24, 2.45) is 0 Å². The molecule has 0 spiro atoms. The fourth-order valence-corrected chi connectivity index (χ4v) is 2.72. The van der Waals surface area contributed by atoms with Crippen molar-refractivity contribution in [1.29, 1.82) is 0 Å². The number of thiophene rings is 1. The molecule has 1 aromatic heterocycles. The quantitative estimate of drug-likeness (QED) is 0.790. The molecule has 4 heteroatoms. The Balaban J connectivity index is 2.45. The Hall–Kier alpha value is -0.420. The molecule has 116 valence electrons. The van der Waals surface area contributed by atoms with Crippen LogP contribution in [0, 0.1) is 6.92 Å². The van der Waals surface area contributed by atoms with E-state index >= 15 is 0 Å². The van der Waals surface area contributed by atoms with Gasteiger partial charge >= 0.3 is 0 Å². The highest BCUT2D eigenvalue weighted by molar-refractivity contribution is 7.12. The molecule has 1 rings (SSSR count). The summed E-state index contributed by atoms with van der Waals surface area (Å²) < 4.78 is 11.2. The monoisotopic (exact) mass is 299 g/mol. The van der Waals surface area contributed by atoms with Gasteiger partial charge in [-0.25, -0.2) is 0 Å². The summed E-state index contributed by atoms with van der Waals surface area (Å²) in [5.41, 5.74) is 1.45. The molecule has 0 bridgehead atoms. The summed E-state index contributed by atoms with van der Waals surface area (Å²) in [6.45, 7) is 15.8. The van der Waals surface area contributed by atoms with Gasteiger partial charge in [-0.2, -0.15) is 0 Å². The molecule has 0 saturated carbocycles. The van der Waals surface area contributed by atoms with Gasteiger partial charge in [-0.15, -0.1) is 11.3 Å². The van der Waals surface area contributed by atoms with Crippen molar-refractivity contribution in [1.82, 2.24) is 5.32 Å². The van der Waals surface area contributed by atoms with Gasteiger partial charge in [0, 0.05) is 28.4 Å². The summed E-state index contributed by atoms with van der Waals surface area (Å²) in [7, 11) is 0. The minimum Gasteiger partial charge on any atom is -0.379 e. The highest BCUT2D eigenvalue weighted by Crippen LogP contribution is 2.23. The number of ether oxygens (including phenoxy) is 2. The van der Waals surface area contributed by atoms with E-state index in [0.717, 1.165) is 13.2 Å². The van der Waals surface area contributed by atoms with E-state index in [4.69, 9.17) is 9.47 Å². The van der Waals surface area contributed by atoms with Crippen molar-refractivity contribution in [2.45, 2.75) is 66.3 Å². The van der Waals surface area contributed by atoms with Crippen LogP contribution < -0.4 is 5.32 Å². The molecule has 0 fully saturated rings. The maximum Gasteiger partial charge on any atom is 0.0785 e. The first-order valence-corrected chi connectivity index (χ1v) is 8.16. The first kappa shape index (κ1) is 17.6. The van der Waals surface area contributed by atoms with Crippen LogP contribution in [0.15, 0.2) is 6.07 Å². The number of hydrogen-bond donors (Lipinski definition) is 1. The zero-order valence-corrected chi connectivity index (χ0v) is 14.5. The first-order valence-electron chi connectivity index (χ1n) is 7.34. The molecule has 0 aromatic carbocycles.